The van der Waals surface area contributed by atoms with Crippen molar-refractivity contribution in [2.45, 2.75) is 27.3 Å². The van der Waals surface area contributed by atoms with Gasteiger partial charge in [-0.05, 0) is 32.4 Å². The van der Waals surface area contributed by atoms with E-state index in [1.807, 2.05) is 44.2 Å². The minimum Gasteiger partial charge on any atom is -0.478 e. The van der Waals surface area contributed by atoms with Gasteiger partial charge in [-0.15, -0.1) is 0 Å². The van der Waals surface area contributed by atoms with Gasteiger partial charge in [0.05, 0.1) is 6.61 Å². The molecular formula is C16H22N4O. The summed E-state index contributed by atoms with van der Waals surface area (Å²) in [5.41, 5.74) is 8.77. The van der Waals surface area contributed by atoms with Crippen LogP contribution in [-0.2, 0) is 6.54 Å². The topological polar surface area (TPSA) is 64.3 Å². The van der Waals surface area contributed by atoms with Crippen molar-refractivity contribution in [1.82, 2.24) is 9.97 Å². The van der Waals surface area contributed by atoms with Crippen molar-refractivity contribution in [2.24, 2.45) is 0 Å². The summed E-state index contributed by atoms with van der Waals surface area (Å²) in [4.78, 5) is 11.1. The summed E-state index contributed by atoms with van der Waals surface area (Å²) in [6.07, 6.45) is 0. The molecule has 5 heteroatoms. The van der Waals surface area contributed by atoms with Crippen molar-refractivity contribution in [1.29, 1.82) is 0 Å². The van der Waals surface area contributed by atoms with Crippen LogP contribution in [0.5, 0.6) is 5.88 Å². The van der Waals surface area contributed by atoms with E-state index in [2.05, 4.69) is 21.8 Å². The lowest BCUT2D eigenvalue weighted by molar-refractivity contribution is 0.326. The van der Waals surface area contributed by atoms with Crippen molar-refractivity contribution in [3.63, 3.8) is 0 Å². The molecule has 0 aliphatic carbocycles. The molecule has 2 N–H and O–H groups in total. The van der Waals surface area contributed by atoms with Gasteiger partial charge >= 0.3 is 0 Å². The predicted octanol–water partition coefficient (Wildman–Crippen LogP) is 2.79. The Bertz CT molecular complexity index is 601. The van der Waals surface area contributed by atoms with E-state index < -0.39 is 0 Å². The van der Waals surface area contributed by atoms with E-state index in [0.29, 0.717) is 25.0 Å². The third-order valence-corrected chi connectivity index (χ3v) is 3.19. The molecule has 0 spiro atoms. The number of aryl methyl sites for hydroxylation is 1. The number of rotatable bonds is 6. The summed E-state index contributed by atoms with van der Waals surface area (Å²) >= 11 is 0. The Kier molecular flexibility index (Phi) is 4.98. The third kappa shape index (κ3) is 3.84. The average molecular weight is 286 g/mol. The van der Waals surface area contributed by atoms with E-state index in [0.717, 1.165) is 23.5 Å². The molecule has 0 bridgehead atoms. The number of ether oxygens (including phenoxy) is 1. The maximum atomic E-state index is 6.02. The fraction of sp³-hybridized carbons (Fsp3) is 0.375. The van der Waals surface area contributed by atoms with Crippen LogP contribution >= 0.6 is 0 Å². The molecule has 21 heavy (non-hydrogen) atoms. The standard InChI is InChI=1S/C16H22N4O/c1-4-20(11-13-8-6-7-9-14(13)17)16-18-12(3)10-15(19-16)21-5-2/h6-10H,4-5,11,17H2,1-3H3. The number of hydrogen-bond acceptors (Lipinski definition) is 5. The van der Waals surface area contributed by atoms with Gasteiger partial charge in [0.15, 0.2) is 0 Å². The van der Waals surface area contributed by atoms with Gasteiger partial charge < -0.3 is 15.4 Å². The normalized spacial score (nSPS) is 10.4. The number of hydrogen-bond donors (Lipinski definition) is 1. The molecule has 0 unspecified atom stereocenters. The molecule has 1 aromatic carbocycles. The van der Waals surface area contributed by atoms with Gasteiger partial charge in [-0.25, -0.2) is 4.98 Å². The number of nitrogens with two attached hydrogens (primary N) is 1. The minimum atomic E-state index is 0.591. The molecule has 112 valence electrons. The number of anilines is 2. The van der Waals surface area contributed by atoms with Gasteiger partial charge in [-0.1, -0.05) is 18.2 Å². The second-order valence-corrected chi connectivity index (χ2v) is 4.79. The quantitative estimate of drug-likeness (QED) is 0.827. The molecule has 0 saturated heterocycles. The lowest BCUT2D eigenvalue weighted by Gasteiger charge is -2.22. The second kappa shape index (κ2) is 6.92. The first-order valence-corrected chi connectivity index (χ1v) is 7.20. The zero-order valence-electron chi connectivity index (χ0n) is 12.8. The molecule has 2 rings (SSSR count). The Hall–Kier alpha value is -2.30. The lowest BCUT2D eigenvalue weighted by Crippen LogP contribution is -2.25. The summed E-state index contributed by atoms with van der Waals surface area (Å²) in [5, 5.41) is 0. The number of aromatic nitrogens is 2. The van der Waals surface area contributed by atoms with E-state index in [1.165, 1.54) is 0 Å². The zero-order chi connectivity index (χ0) is 15.2. The molecule has 0 fully saturated rings. The summed E-state index contributed by atoms with van der Waals surface area (Å²) in [6.45, 7) is 8.03. The fourth-order valence-electron chi connectivity index (χ4n) is 2.10. The van der Waals surface area contributed by atoms with Crippen LogP contribution in [0.3, 0.4) is 0 Å². The van der Waals surface area contributed by atoms with Gasteiger partial charge in [-0.3, -0.25) is 0 Å². The Labute approximate surface area is 125 Å². The van der Waals surface area contributed by atoms with Crippen LogP contribution < -0.4 is 15.4 Å². The molecule has 0 amide bonds. The summed E-state index contributed by atoms with van der Waals surface area (Å²) in [5.74, 6) is 1.28. The Morgan fingerprint density at radius 2 is 1.95 bits per heavy atom. The monoisotopic (exact) mass is 286 g/mol. The molecule has 0 aliphatic heterocycles. The lowest BCUT2D eigenvalue weighted by atomic mass is 10.1. The van der Waals surface area contributed by atoms with Gasteiger partial charge in [0, 0.05) is 30.5 Å². The van der Waals surface area contributed by atoms with Gasteiger partial charge in [0.2, 0.25) is 11.8 Å². The van der Waals surface area contributed by atoms with Crippen molar-refractivity contribution < 1.29 is 4.74 Å². The van der Waals surface area contributed by atoms with E-state index >= 15 is 0 Å². The van der Waals surface area contributed by atoms with Crippen LogP contribution in [0.25, 0.3) is 0 Å². The largest absolute Gasteiger partial charge is 0.478 e. The first-order chi connectivity index (χ1) is 10.1. The fourth-order valence-corrected chi connectivity index (χ4v) is 2.10. The molecule has 2 aromatic rings. The molecule has 1 aromatic heterocycles. The van der Waals surface area contributed by atoms with Crippen LogP contribution in [0, 0.1) is 6.92 Å². The SMILES string of the molecule is CCOc1cc(C)nc(N(CC)Cc2ccccc2N)n1. The number of para-hydroxylation sites is 1. The highest BCUT2D eigenvalue weighted by atomic mass is 16.5. The summed E-state index contributed by atoms with van der Waals surface area (Å²) in [7, 11) is 0. The first kappa shape index (κ1) is 15.1. The number of nitrogen functional groups attached to an aromatic ring is 1. The van der Waals surface area contributed by atoms with Crippen molar-refractivity contribution in [3.8, 4) is 5.88 Å². The highest BCUT2D eigenvalue weighted by molar-refractivity contribution is 5.48. The van der Waals surface area contributed by atoms with Gasteiger partial charge in [-0.2, -0.15) is 4.98 Å². The van der Waals surface area contributed by atoms with E-state index in [-0.39, 0.29) is 0 Å². The van der Waals surface area contributed by atoms with Gasteiger partial charge in [0.25, 0.3) is 0 Å². The maximum Gasteiger partial charge on any atom is 0.229 e. The highest BCUT2D eigenvalue weighted by Gasteiger charge is 2.12. The van der Waals surface area contributed by atoms with Gasteiger partial charge in [0.1, 0.15) is 0 Å². The van der Waals surface area contributed by atoms with E-state index in [4.69, 9.17) is 10.5 Å². The average Bonchev–Trinajstić information content (AvgIpc) is 2.46. The minimum absolute atomic E-state index is 0.591. The Morgan fingerprint density at radius 3 is 2.62 bits per heavy atom. The molecule has 0 radical (unpaired) electrons. The van der Waals surface area contributed by atoms with Crippen molar-refractivity contribution in [3.05, 3.63) is 41.6 Å². The highest BCUT2D eigenvalue weighted by Crippen LogP contribution is 2.20. The molecule has 5 nitrogen and oxygen atoms in total. The predicted molar refractivity (Wildman–Crippen MR) is 85.5 cm³/mol. The smallest absolute Gasteiger partial charge is 0.229 e. The van der Waals surface area contributed by atoms with Crippen LogP contribution in [0.1, 0.15) is 25.1 Å². The van der Waals surface area contributed by atoms with Crippen LogP contribution in [0.2, 0.25) is 0 Å². The molecule has 0 aliphatic rings. The van der Waals surface area contributed by atoms with Crippen LogP contribution in [0.4, 0.5) is 11.6 Å². The number of benzene rings is 1. The molecule has 1 heterocycles. The van der Waals surface area contributed by atoms with E-state index in [9.17, 15) is 0 Å². The van der Waals surface area contributed by atoms with Crippen molar-refractivity contribution >= 4 is 11.6 Å². The zero-order valence-corrected chi connectivity index (χ0v) is 12.8. The second-order valence-electron chi connectivity index (χ2n) is 4.79. The van der Waals surface area contributed by atoms with E-state index in [1.54, 1.807) is 0 Å². The Balaban J connectivity index is 2.27. The molecule has 0 atom stereocenters. The van der Waals surface area contributed by atoms with Crippen LogP contribution in [0.15, 0.2) is 30.3 Å². The summed E-state index contributed by atoms with van der Waals surface area (Å²) < 4.78 is 5.49. The maximum absolute atomic E-state index is 6.02. The van der Waals surface area contributed by atoms with Crippen molar-refractivity contribution in [2.75, 3.05) is 23.8 Å². The molecule has 0 saturated carbocycles. The van der Waals surface area contributed by atoms with Crippen LogP contribution in [-0.4, -0.2) is 23.1 Å². The first-order valence-electron chi connectivity index (χ1n) is 7.20. The Morgan fingerprint density at radius 1 is 1.19 bits per heavy atom. The number of nitrogens with zero attached hydrogens (tertiary/aromatic N) is 3. The third-order valence-electron chi connectivity index (χ3n) is 3.19. The summed E-state index contributed by atoms with van der Waals surface area (Å²) in [6, 6.07) is 9.70. The molecular weight excluding hydrogens is 264 g/mol.